The fourth-order valence-corrected chi connectivity index (χ4v) is 3.07. The van der Waals surface area contributed by atoms with E-state index < -0.39 is 0 Å². The monoisotopic (exact) mass is 281 g/mol. The van der Waals surface area contributed by atoms with E-state index in [0.29, 0.717) is 6.04 Å². The molecule has 0 aliphatic carbocycles. The van der Waals surface area contributed by atoms with Crippen molar-refractivity contribution < 1.29 is 4.48 Å². The fourth-order valence-electron chi connectivity index (χ4n) is 3.07. The van der Waals surface area contributed by atoms with Gasteiger partial charge in [-0.3, -0.25) is 4.90 Å². The minimum absolute atomic E-state index is 0.384. The first kappa shape index (κ1) is 14.3. The largest absolute Gasteiger partial charge is 0.326 e. The first-order valence-corrected chi connectivity index (χ1v) is 7.71. The maximum Gasteiger partial charge on any atom is 0.114 e. The minimum Gasteiger partial charge on any atom is -0.326 e. The Morgan fingerprint density at radius 2 is 1.24 bits per heavy atom. The smallest absolute Gasteiger partial charge is 0.114 e. The van der Waals surface area contributed by atoms with Gasteiger partial charge in [0, 0.05) is 0 Å². The van der Waals surface area contributed by atoms with E-state index in [0.717, 1.165) is 23.6 Å². The van der Waals surface area contributed by atoms with Crippen molar-refractivity contribution in [2.75, 3.05) is 34.2 Å². The van der Waals surface area contributed by atoms with Gasteiger partial charge < -0.3 is 4.48 Å². The molecular formula is C19H25N2+. The molecule has 2 heteroatoms. The van der Waals surface area contributed by atoms with Crippen LogP contribution in [-0.4, -0.2) is 49.7 Å². The molecule has 21 heavy (non-hydrogen) atoms. The van der Waals surface area contributed by atoms with Crippen molar-refractivity contribution >= 4 is 0 Å². The summed E-state index contributed by atoms with van der Waals surface area (Å²) in [7, 11) is 6.88. The van der Waals surface area contributed by atoms with Crippen molar-refractivity contribution in [1.29, 1.82) is 0 Å². The van der Waals surface area contributed by atoms with Gasteiger partial charge >= 0.3 is 0 Å². The van der Waals surface area contributed by atoms with E-state index in [4.69, 9.17) is 0 Å². The van der Waals surface area contributed by atoms with Gasteiger partial charge in [-0.2, -0.15) is 0 Å². The molecule has 0 saturated carbocycles. The SMILES string of the molecule is C[N+](C)(C)C1CN(C(c2ccccc2)c2ccccc2)C1. The summed E-state index contributed by atoms with van der Waals surface area (Å²) in [6.45, 7) is 2.33. The van der Waals surface area contributed by atoms with Gasteiger partial charge in [-0.05, 0) is 11.1 Å². The number of quaternary nitrogens is 1. The highest BCUT2D eigenvalue weighted by molar-refractivity contribution is 5.32. The lowest BCUT2D eigenvalue weighted by Gasteiger charge is -2.49. The molecule has 0 aromatic heterocycles. The lowest BCUT2D eigenvalue weighted by Crippen LogP contribution is -2.64. The fraction of sp³-hybridized carbons (Fsp3) is 0.368. The molecule has 0 bridgehead atoms. The van der Waals surface area contributed by atoms with Crippen molar-refractivity contribution in [2.24, 2.45) is 0 Å². The topological polar surface area (TPSA) is 3.24 Å². The number of hydrogen-bond acceptors (Lipinski definition) is 1. The lowest BCUT2D eigenvalue weighted by atomic mass is 9.92. The quantitative estimate of drug-likeness (QED) is 0.778. The molecule has 0 radical (unpaired) electrons. The number of rotatable bonds is 4. The molecule has 0 atom stereocenters. The zero-order valence-electron chi connectivity index (χ0n) is 13.2. The molecule has 1 fully saturated rings. The molecular weight excluding hydrogens is 256 g/mol. The number of likely N-dealkylation sites (tertiary alicyclic amines) is 1. The van der Waals surface area contributed by atoms with Crippen LogP contribution in [0.15, 0.2) is 60.7 Å². The zero-order chi connectivity index (χ0) is 14.9. The van der Waals surface area contributed by atoms with E-state index >= 15 is 0 Å². The second kappa shape index (κ2) is 5.63. The highest BCUT2D eigenvalue weighted by Crippen LogP contribution is 2.33. The van der Waals surface area contributed by atoms with E-state index in [1.807, 2.05) is 0 Å². The minimum atomic E-state index is 0.384. The molecule has 1 aliphatic rings. The maximum atomic E-state index is 2.60. The average molecular weight is 281 g/mol. The van der Waals surface area contributed by atoms with Gasteiger partial charge in [0.05, 0.1) is 40.3 Å². The highest BCUT2D eigenvalue weighted by Gasteiger charge is 2.40. The average Bonchev–Trinajstić information content (AvgIpc) is 2.42. The molecule has 0 N–H and O–H groups in total. The first-order chi connectivity index (χ1) is 10.1. The van der Waals surface area contributed by atoms with Crippen LogP contribution in [0, 0.1) is 0 Å². The highest BCUT2D eigenvalue weighted by atomic mass is 15.4. The lowest BCUT2D eigenvalue weighted by molar-refractivity contribution is -0.901. The molecule has 0 amide bonds. The number of likely N-dealkylation sites (N-methyl/N-ethyl adjacent to an activating group) is 1. The molecule has 0 spiro atoms. The van der Waals surface area contributed by atoms with Gasteiger partial charge in [-0.25, -0.2) is 0 Å². The summed E-state index contributed by atoms with van der Waals surface area (Å²) in [5.74, 6) is 0. The van der Waals surface area contributed by atoms with Crippen LogP contribution in [0.1, 0.15) is 17.2 Å². The summed E-state index contributed by atoms with van der Waals surface area (Å²) in [6, 6.07) is 22.9. The van der Waals surface area contributed by atoms with Crippen molar-refractivity contribution in [2.45, 2.75) is 12.1 Å². The standard InChI is InChI=1S/C19H25N2/c1-21(2,3)18-14-20(15-18)19(16-10-6-4-7-11-16)17-12-8-5-9-13-17/h4-13,18-19H,14-15H2,1-3H3/q+1. The van der Waals surface area contributed by atoms with E-state index in [1.165, 1.54) is 11.1 Å². The molecule has 0 unspecified atom stereocenters. The Hall–Kier alpha value is -1.64. The van der Waals surface area contributed by atoms with E-state index in [1.54, 1.807) is 0 Å². The van der Waals surface area contributed by atoms with Crippen molar-refractivity contribution in [3.8, 4) is 0 Å². The number of nitrogens with zero attached hydrogens (tertiary/aromatic N) is 2. The van der Waals surface area contributed by atoms with Crippen LogP contribution in [0.2, 0.25) is 0 Å². The Balaban J connectivity index is 1.86. The Bertz CT molecular complexity index is 526. The molecule has 110 valence electrons. The van der Waals surface area contributed by atoms with Gasteiger partial charge in [-0.1, -0.05) is 60.7 Å². The van der Waals surface area contributed by atoms with Crippen LogP contribution in [0.4, 0.5) is 0 Å². The number of benzene rings is 2. The summed E-state index contributed by atoms with van der Waals surface area (Å²) in [4.78, 5) is 2.60. The van der Waals surface area contributed by atoms with Crippen LogP contribution < -0.4 is 0 Å². The third-order valence-corrected chi connectivity index (χ3v) is 4.58. The van der Waals surface area contributed by atoms with Crippen molar-refractivity contribution in [3.63, 3.8) is 0 Å². The molecule has 1 aliphatic heterocycles. The predicted molar refractivity (Wildman–Crippen MR) is 88.1 cm³/mol. The molecule has 2 aromatic carbocycles. The van der Waals surface area contributed by atoms with Crippen LogP contribution in [-0.2, 0) is 0 Å². The van der Waals surface area contributed by atoms with Crippen LogP contribution in [0.5, 0.6) is 0 Å². The number of hydrogen-bond donors (Lipinski definition) is 0. The second-order valence-electron chi connectivity index (χ2n) is 6.95. The van der Waals surface area contributed by atoms with Crippen molar-refractivity contribution in [1.82, 2.24) is 4.90 Å². The third-order valence-electron chi connectivity index (χ3n) is 4.58. The van der Waals surface area contributed by atoms with E-state index in [9.17, 15) is 0 Å². The Morgan fingerprint density at radius 3 is 1.62 bits per heavy atom. The van der Waals surface area contributed by atoms with E-state index in [-0.39, 0.29) is 0 Å². The van der Waals surface area contributed by atoms with Crippen LogP contribution >= 0.6 is 0 Å². The zero-order valence-corrected chi connectivity index (χ0v) is 13.2. The summed E-state index contributed by atoms with van der Waals surface area (Å²) < 4.78 is 1.05. The van der Waals surface area contributed by atoms with Crippen LogP contribution in [0.25, 0.3) is 0 Å². The molecule has 1 heterocycles. The predicted octanol–water partition coefficient (Wildman–Crippen LogP) is 3.17. The molecule has 2 aromatic rings. The van der Waals surface area contributed by atoms with Gasteiger partial charge in [0.1, 0.15) is 6.04 Å². The molecule has 1 saturated heterocycles. The Labute approximate surface area is 128 Å². The van der Waals surface area contributed by atoms with Gasteiger partial charge in [-0.15, -0.1) is 0 Å². The molecule has 2 nitrogen and oxygen atoms in total. The first-order valence-electron chi connectivity index (χ1n) is 7.71. The third kappa shape index (κ3) is 3.02. The summed E-state index contributed by atoms with van der Waals surface area (Å²) in [6.07, 6.45) is 0. The molecule has 3 rings (SSSR count). The summed E-state index contributed by atoms with van der Waals surface area (Å²) >= 11 is 0. The van der Waals surface area contributed by atoms with E-state index in [2.05, 4.69) is 86.7 Å². The van der Waals surface area contributed by atoms with Gasteiger partial charge in [0.2, 0.25) is 0 Å². The maximum absolute atomic E-state index is 2.60. The van der Waals surface area contributed by atoms with Gasteiger partial charge in [0.25, 0.3) is 0 Å². The van der Waals surface area contributed by atoms with Gasteiger partial charge in [0.15, 0.2) is 0 Å². The van der Waals surface area contributed by atoms with Crippen molar-refractivity contribution in [3.05, 3.63) is 71.8 Å². The second-order valence-corrected chi connectivity index (χ2v) is 6.95. The normalized spacial score (nSPS) is 17.0. The summed E-state index contributed by atoms with van der Waals surface area (Å²) in [5.41, 5.74) is 2.78. The summed E-state index contributed by atoms with van der Waals surface area (Å²) in [5, 5.41) is 0. The Morgan fingerprint density at radius 1 is 0.810 bits per heavy atom. The Kier molecular flexibility index (Phi) is 3.83. The van der Waals surface area contributed by atoms with Crippen LogP contribution in [0.3, 0.4) is 0 Å².